The van der Waals surface area contributed by atoms with Crippen molar-refractivity contribution in [3.63, 3.8) is 0 Å². The Morgan fingerprint density at radius 2 is 2.07 bits per heavy atom. The van der Waals surface area contributed by atoms with E-state index in [0.29, 0.717) is 24.5 Å². The molecule has 0 radical (unpaired) electrons. The molecule has 0 saturated heterocycles. The number of nitrogens with zero attached hydrogens (tertiary/aromatic N) is 4. The zero-order chi connectivity index (χ0) is 21.0. The number of rotatable bonds is 8. The fraction of sp³-hybridized carbons (Fsp3) is 0.286. The zero-order valence-corrected chi connectivity index (χ0v) is 18.4. The summed E-state index contributed by atoms with van der Waals surface area (Å²) in [5.74, 6) is 1.57. The van der Waals surface area contributed by atoms with Crippen LogP contribution in [0.5, 0.6) is 5.75 Å². The number of aryl methyl sites for hydroxylation is 1. The molecule has 1 aromatic carbocycles. The van der Waals surface area contributed by atoms with Gasteiger partial charge < -0.3 is 9.64 Å². The molecular weight excluding hydrogens is 434 g/mol. The lowest BCUT2D eigenvalue weighted by Gasteiger charge is -2.23. The highest BCUT2D eigenvalue weighted by atomic mass is 79.9. The Balaban J connectivity index is 1.82. The van der Waals surface area contributed by atoms with E-state index in [-0.39, 0.29) is 5.56 Å². The number of nitrogens with one attached hydrogen (secondary N) is 1. The van der Waals surface area contributed by atoms with E-state index < -0.39 is 0 Å². The second-order valence-corrected chi connectivity index (χ2v) is 7.77. The zero-order valence-electron chi connectivity index (χ0n) is 16.8. The number of hydrogen-bond acceptors (Lipinski definition) is 5. The highest BCUT2D eigenvalue weighted by molar-refractivity contribution is 9.10. The maximum Gasteiger partial charge on any atom is 0.266 e. The quantitative estimate of drug-likeness (QED) is 0.518. The number of ether oxygens (including phenoxy) is 1. The first-order valence-electron chi connectivity index (χ1n) is 9.28. The minimum Gasteiger partial charge on any atom is -0.489 e. The molecule has 0 saturated carbocycles. The minimum atomic E-state index is -0.113. The van der Waals surface area contributed by atoms with Crippen molar-refractivity contribution in [2.24, 2.45) is 7.05 Å². The molecule has 8 heteroatoms. The molecule has 0 aliphatic heterocycles. The first-order valence-corrected chi connectivity index (χ1v) is 10.1. The van der Waals surface area contributed by atoms with E-state index in [4.69, 9.17) is 4.74 Å². The largest absolute Gasteiger partial charge is 0.489 e. The molecule has 7 nitrogen and oxygen atoms in total. The lowest BCUT2D eigenvalue weighted by atomic mass is 10.2. The van der Waals surface area contributed by atoms with Crippen molar-refractivity contribution in [3.8, 4) is 17.1 Å². The smallest absolute Gasteiger partial charge is 0.266 e. The van der Waals surface area contributed by atoms with Crippen LogP contribution >= 0.6 is 15.9 Å². The monoisotopic (exact) mass is 457 g/mol. The molecule has 0 amide bonds. The van der Waals surface area contributed by atoms with E-state index in [2.05, 4.69) is 49.6 Å². The maximum absolute atomic E-state index is 11.6. The van der Waals surface area contributed by atoms with Crippen LogP contribution in [0.3, 0.4) is 0 Å². The fourth-order valence-corrected chi connectivity index (χ4v) is 3.24. The molecule has 29 heavy (non-hydrogen) atoms. The fourth-order valence-electron chi connectivity index (χ4n) is 2.83. The van der Waals surface area contributed by atoms with E-state index in [0.717, 1.165) is 33.7 Å². The van der Waals surface area contributed by atoms with Crippen LogP contribution in [0.15, 0.2) is 57.8 Å². The molecule has 0 fully saturated rings. The van der Waals surface area contributed by atoms with Crippen molar-refractivity contribution < 1.29 is 4.74 Å². The van der Waals surface area contributed by atoms with E-state index in [1.54, 1.807) is 7.05 Å². The summed E-state index contributed by atoms with van der Waals surface area (Å²) in [6, 6.07) is 11.2. The van der Waals surface area contributed by atoms with Gasteiger partial charge in [0.05, 0.1) is 5.69 Å². The molecule has 3 rings (SSSR count). The van der Waals surface area contributed by atoms with Crippen molar-refractivity contribution in [1.82, 2.24) is 20.0 Å². The standard InChI is InChI=1S/C21H24BrN5O2/c1-5-27(12-15-10-16(22)6-8-19(15)29-13-14(2)3)20-9-7-17(23-24-20)18-11-21(28)26(4)25-18/h6-11,25H,2,5,12-13H2,1,3-4H3. The molecule has 152 valence electrons. The Morgan fingerprint density at radius 1 is 1.28 bits per heavy atom. The predicted octanol–water partition coefficient (Wildman–Crippen LogP) is 3.91. The second kappa shape index (κ2) is 9.09. The summed E-state index contributed by atoms with van der Waals surface area (Å²) in [5.41, 5.74) is 3.16. The molecule has 0 spiro atoms. The van der Waals surface area contributed by atoms with E-state index in [1.807, 2.05) is 37.3 Å². The number of aromatic amines is 1. The summed E-state index contributed by atoms with van der Waals surface area (Å²) in [6.45, 7) is 9.75. The third-order valence-corrected chi connectivity index (χ3v) is 4.87. The van der Waals surface area contributed by atoms with Crippen LogP contribution in [0.2, 0.25) is 0 Å². The van der Waals surface area contributed by atoms with Gasteiger partial charge in [0.2, 0.25) is 0 Å². The summed E-state index contributed by atoms with van der Waals surface area (Å²) in [5, 5.41) is 11.6. The van der Waals surface area contributed by atoms with Gasteiger partial charge in [-0.05, 0) is 49.8 Å². The van der Waals surface area contributed by atoms with Crippen LogP contribution in [0.25, 0.3) is 11.4 Å². The van der Waals surface area contributed by atoms with E-state index >= 15 is 0 Å². The first-order chi connectivity index (χ1) is 13.9. The summed E-state index contributed by atoms with van der Waals surface area (Å²) in [6.07, 6.45) is 0. The average molecular weight is 458 g/mol. The van der Waals surface area contributed by atoms with Crippen LogP contribution in [0.4, 0.5) is 5.82 Å². The van der Waals surface area contributed by atoms with Crippen molar-refractivity contribution in [2.45, 2.75) is 20.4 Å². The van der Waals surface area contributed by atoms with Gasteiger partial charge in [-0.1, -0.05) is 22.5 Å². The highest BCUT2D eigenvalue weighted by Gasteiger charge is 2.13. The number of anilines is 1. The summed E-state index contributed by atoms with van der Waals surface area (Å²) in [7, 11) is 1.66. The Labute approximate surface area is 178 Å². The number of halogens is 1. The molecule has 0 aliphatic rings. The van der Waals surface area contributed by atoms with Crippen LogP contribution in [-0.2, 0) is 13.6 Å². The minimum absolute atomic E-state index is 0.113. The van der Waals surface area contributed by atoms with E-state index in [9.17, 15) is 4.79 Å². The van der Waals surface area contributed by atoms with Gasteiger partial charge in [-0.25, -0.2) is 0 Å². The number of benzene rings is 1. The van der Waals surface area contributed by atoms with Gasteiger partial charge in [0.25, 0.3) is 5.56 Å². The van der Waals surface area contributed by atoms with Crippen molar-refractivity contribution in [1.29, 1.82) is 0 Å². The van der Waals surface area contributed by atoms with Gasteiger partial charge in [0.1, 0.15) is 18.1 Å². The van der Waals surface area contributed by atoms with Crippen LogP contribution in [-0.4, -0.2) is 33.1 Å². The van der Waals surface area contributed by atoms with Crippen molar-refractivity contribution in [3.05, 3.63) is 68.9 Å². The number of aromatic nitrogens is 4. The predicted molar refractivity (Wildman–Crippen MR) is 118 cm³/mol. The molecule has 0 aliphatic carbocycles. The summed E-state index contributed by atoms with van der Waals surface area (Å²) >= 11 is 3.54. The first kappa shape index (κ1) is 20.9. The van der Waals surface area contributed by atoms with Gasteiger partial charge in [0, 0.05) is 36.2 Å². The Bertz CT molecular complexity index is 1060. The Morgan fingerprint density at radius 3 is 2.66 bits per heavy atom. The maximum atomic E-state index is 11.6. The molecule has 2 heterocycles. The van der Waals surface area contributed by atoms with Gasteiger partial charge in [-0.3, -0.25) is 14.6 Å². The average Bonchev–Trinajstić information content (AvgIpc) is 3.04. The van der Waals surface area contributed by atoms with Gasteiger partial charge >= 0.3 is 0 Å². The Kier molecular flexibility index (Phi) is 6.53. The van der Waals surface area contributed by atoms with Crippen LogP contribution < -0.4 is 15.2 Å². The third-order valence-electron chi connectivity index (χ3n) is 4.38. The lowest BCUT2D eigenvalue weighted by Crippen LogP contribution is -2.24. The second-order valence-electron chi connectivity index (χ2n) is 6.86. The van der Waals surface area contributed by atoms with Gasteiger partial charge in [-0.2, -0.15) is 0 Å². The van der Waals surface area contributed by atoms with Crippen molar-refractivity contribution >= 4 is 21.7 Å². The molecule has 1 N–H and O–H groups in total. The molecule has 3 aromatic rings. The van der Waals surface area contributed by atoms with Crippen LogP contribution in [0, 0.1) is 0 Å². The molecule has 0 bridgehead atoms. The third kappa shape index (κ3) is 5.14. The highest BCUT2D eigenvalue weighted by Crippen LogP contribution is 2.27. The summed E-state index contributed by atoms with van der Waals surface area (Å²) < 4.78 is 8.30. The molecule has 0 unspecified atom stereocenters. The SMILES string of the molecule is C=C(C)COc1ccc(Br)cc1CN(CC)c1ccc(-c2cc(=O)n(C)[nH]2)nn1. The number of H-pyrrole nitrogens is 1. The van der Waals surface area contributed by atoms with Crippen molar-refractivity contribution in [2.75, 3.05) is 18.1 Å². The van der Waals surface area contributed by atoms with E-state index in [1.165, 1.54) is 10.7 Å². The topological polar surface area (TPSA) is 76.0 Å². The normalized spacial score (nSPS) is 10.8. The lowest BCUT2D eigenvalue weighted by molar-refractivity contribution is 0.348. The molecular formula is C21H24BrN5O2. The summed E-state index contributed by atoms with van der Waals surface area (Å²) in [4.78, 5) is 13.8. The molecule has 2 aromatic heterocycles. The van der Waals surface area contributed by atoms with Gasteiger partial charge in [-0.15, -0.1) is 10.2 Å². The van der Waals surface area contributed by atoms with Gasteiger partial charge in [0.15, 0.2) is 5.82 Å². The number of hydrogen-bond donors (Lipinski definition) is 1. The Hall–Kier alpha value is -2.87. The molecule has 0 atom stereocenters. The van der Waals surface area contributed by atoms with Crippen LogP contribution in [0.1, 0.15) is 19.4 Å².